The van der Waals surface area contributed by atoms with Gasteiger partial charge in [-0.1, -0.05) is 0 Å². The van der Waals surface area contributed by atoms with Gasteiger partial charge in [0.2, 0.25) is 0 Å². The van der Waals surface area contributed by atoms with E-state index in [1.807, 2.05) is 0 Å². The van der Waals surface area contributed by atoms with Crippen LogP contribution in [0.2, 0.25) is 0 Å². The van der Waals surface area contributed by atoms with Crippen LogP contribution in [0.25, 0.3) is 0 Å². The van der Waals surface area contributed by atoms with Crippen LogP contribution >= 0.6 is 11.3 Å². The second kappa shape index (κ2) is 8.72. The average Bonchev–Trinajstić information content (AvgIpc) is 2.90. The standard InChI is InChI=1S/C18H21N3O5S/c1-9(2)25-17(23)13-11(5)14(18(24)26-10(3)4)27-16(13)21-15(22)12-8-19-6-7-20-12/h6-10H,1-5H3,(H,21,22). The summed E-state index contributed by atoms with van der Waals surface area (Å²) in [6, 6.07) is 0. The zero-order chi connectivity index (χ0) is 20.1. The van der Waals surface area contributed by atoms with Gasteiger partial charge in [-0.25, -0.2) is 14.6 Å². The second-order valence-corrected chi connectivity index (χ2v) is 7.23. The van der Waals surface area contributed by atoms with Crippen LogP contribution in [0, 0.1) is 6.92 Å². The summed E-state index contributed by atoms with van der Waals surface area (Å²) in [5, 5.41) is 2.82. The Bertz CT molecular complexity index is 846. The molecular weight excluding hydrogens is 370 g/mol. The van der Waals surface area contributed by atoms with Crippen LogP contribution in [-0.4, -0.2) is 40.0 Å². The summed E-state index contributed by atoms with van der Waals surface area (Å²) in [6.45, 7) is 8.50. The topological polar surface area (TPSA) is 107 Å². The molecule has 2 rings (SSSR count). The van der Waals surface area contributed by atoms with Crippen LogP contribution in [0.5, 0.6) is 0 Å². The molecule has 0 radical (unpaired) electrons. The Morgan fingerprint density at radius 3 is 2.22 bits per heavy atom. The van der Waals surface area contributed by atoms with Gasteiger partial charge in [0.15, 0.2) is 0 Å². The van der Waals surface area contributed by atoms with Gasteiger partial charge >= 0.3 is 11.9 Å². The predicted octanol–water partition coefficient (Wildman–Crippen LogP) is 3.23. The third kappa shape index (κ3) is 5.10. The Morgan fingerprint density at radius 1 is 1.04 bits per heavy atom. The molecule has 0 unspecified atom stereocenters. The molecule has 0 aliphatic rings. The summed E-state index contributed by atoms with van der Waals surface area (Å²) in [5.74, 6) is -1.74. The number of esters is 2. The Kier molecular flexibility index (Phi) is 6.62. The summed E-state index contributed by atoms with van der Waals surface area (Å²) in [5.41, 5.74) is 0.602. The molecule has 0 aromatic carbocycles. The van der Waals surface area contributed by atoms with Crippen LogP contribution in [0.4, 0.5) is 5.00 Å². The van der Waals surface area contributed by atoms with Crippen molar-refractivity contribution in [1.29, 1.82) is 0 Å². The van der Waals surface area contributed by atoms with Gasteiger partial charge < -0.3 is 14.8 Å². The molecule has 0 spiro atoms. The number of carbonyl (C=O) groups is 3. The van der Waals surface area contributed by atoms with Crippen molar-refractivity contribution >= 4 is 34.2 Å². The van der Waals surface area contributed by atoms with Gasteiger partial charge in [-0.15, -0.1) is 11.3 Å². The Morgan fingerprint density at radius 2 is 1.67 bits per heavy atom. The summed E-state index contributed by atoms with van der Waals surface area (Å²) < 4.78 is 10.5. The lowest BCUT2D eigenvalue weighted by Gasteiger charge is -2.10. The summed E-state index contributed by atoms with van der Waals surface area (Å²) in [4.78, 5) is 45.3. The quantitative estimate of drug-likeness (QED) is 0.753. The van der Waals surface area contributed by atoms with E-state index in [0.717, 1.165) is 11.3 Å². The SMILES string of the molecule is Cc1c(C(=O)OC(C)C)sc(NC(=O)c2cnccn2)c1C(=O)OC(C)C. The number of thiophene rings is 1. The highest BCUT2D eigenvalue weighted by molar-refractivity contribution is 7.18. The fourth-order valence-electron chi connectivity index (χ4n) is 2.17. The van der Waals surface area contributed by atoms with Crippen molar-refractivity contribution in [3.05, 3.63) is 40.3 Å². The third-order valence-corrected chi connectivity index (χ3v) is 4.43. The van der Waals surface area contributed by atoms with Crippen molar-refractivity contribution in [3.8, 4) is 0 Å². The van der Waals surface area contributed by atoms with E-state index in [0.29, 0.717) is 5.56 Å². The molecule has 2 aromatic heterocycles. The molecule has 144 valence electrons. The van der Waals surface area contributed by atoms with E-state index in [4.69, 9.17) is 9.47 Å². The molecule has 8 nitrogen and oxygen atoms in total. The van der Waals surface area contributed by atoms with Crippen molar-refractivity contribution in [2.24, 2.45) is 0 Å². The number of rotatable bonds is 6. The van der Waals surface area contributed by atoms with Crippen LogP contribution in [-0.2, 0) is 9.47 Å². The van der Waals surface area contributed by atoms with Crippen molar-refractivity contribution in [3.63, 3.8) is 0 Å². The number of ether oxygens (including phenoxy) is 2. The minimum Gasteiger partial charge on any atom is -0.459 e. The van der Waals surface area contributed by atoms with E-state index < -0.39 is 17.8 Å². The number of aromatic nitrogens is 2. The molecule has 0 aliphatic heterocycles. The van der Waals surface area contributed by atoms with E-state index in [9.17, 15) is 14.4 Å². The van der Waals surface area contributed by atoms with E-state index in [1.165, 1.54) is 18.6 Å². The number of hydrogen-bond donors (Lipinski definition) is 1. The molecule has 2 heterocycles. The minimum atomic E-state index is -0.628. The molecule has 27 heavy (non-hydrogen) atoms. The highest BCUT2D eigenvalue weighted by atomic mass is 32.1. The normalized spacial score (nSPS) is 10.8. The van der Waals surface area contributed by atoms with E-state index in [2.05, 4.69) is 15.3 Å². The second-order valence-electron chi connectivity index (χ2n) is 6.21. The maximum atomic E-state index is 12.5. The Labute approximate surface area is 160 Å². The van der Waals surface area contributed by atoms with E-state index in [1.54, 1.807) is 34.6 Å². The fourth-order valence-corrected chi connectivity index (χ4v) is 3.24. The Balaban J connectivity index is 2.42. The van der Waals surface area contributed by atoms with E-state index in [-0.39, 0.29) is 33.3 Å². The fraction of sp³-hybridized carbons (Fsp3) is 0.389. The molecule has 1 N–H and O–H groups in total. The van der Waals surface area contributed by atoms with Gasteiger partial charge in [0.25, 0.3) is 5.91 Å². The minimum absolute atomic E-state index is 0.0815. The van der Waals surface area contributed by atoms with E-state index >= 15 is 0 Å². The Hall–Kier alpha value is -2.81. The first kappa shape index (κ1) is 20.5. The number of anilines is 1. The summed E-state index contributed by atoms with van der Waals surface area (Å²) >= 11 is 0.959. The van der Waals surface area contributed by atoms with Gasteiger partial charge in [0.1, 0.15) is 15.6 Å². The molecule has 0 bridgehead atoms. The highest BCUT2D eigenvalue weighted by Crippen LogP contribution is 2.35. The predicted molar refractivity (Wildman–Crippen MR) is 100 cm³/mol. The lowest BCUT2D eigenvalue weighted by Crippen LogP contribution is -2.18. The molecule has 2 aromatic rings. The van der Waals surface area contributed by atoms with Crippen LogP contribution in [0.1, 0.15) is 63.8 Å². The lowest BCUT2D eigenvalue weighted by atomic mass is 10.1. The highest BCUT2D eigenvalue weighted by Gasteiger charge is 2.28. The molecule has 0 saturated heterocycles. The molecule has 0 aliphatic carbocycles. The summed E-state index contributed by atoms with van der Waals surface area (Å²) in [6.07, 6.45) is 3.45. The zero-order valence-electron chi connectivity index (χ0n) is 15.7. The first-order valence-electron chi connectivity index (χ1n) is 8.33. The van der Waals surface area contributed by atoms with Crippen molar-refractivity contribution < 1.29 is 23.9 Å². The molecule has 0 fully saturated rings. The van der Waals surface area contributed by atoms with Crippen molar-refractivity contribution in [2.75, 3.05) is 5.32 Å². The first-order chi connectivity index (χ1) is 12.7. The smallest absolute Gasteiger partial charge is 0.348 e. The molecule has 1 amide bonds. The summed E-state index contributed by atoms with van der Waals surface area (Å²) in [7, 11) is 0. The van der Waals surface area contributed by atoms with Crippen LogP contribution in [0.15, 0.2) is 18.6 Å². The lowest BCUT2D eigenvalue weighted by molar-refractivity contribution is 0.0378. The number of amides is 1. The van der Waals surface area contributed by atoms with Gasteiger partial charge in [0.05, 0.1) is 24.0 Å². The maximum Gasteiger partial charge on any atom is 0.348 e. The van der Waals surface area contributed by atoms with Crippen molar-refractivity contribution in [1.82, 2.24) is 9.97 Å². The molecule has 0 saturated carbocycles. The first-order valence-corrected chi connectivity index (χ1v) is 9.15. The van der Waals surface area contributed by atoms with Crippen LogP contribution < -0.4 is 5.32 Å². The van der Waals surface area contributed by atoms with Crippen LogP contribution in [0.3, 0.4) is 0 Å². The zero-order valence-corrected chi connectivity index (χ0v) is 16.5. The van der Waals surface area contributed by atoms with Gasteiger partial charge in [-0.3, -0.25) is 9.78 Å². The average molecular weight is 391 g/mol. The number of nitrogens with zero attached hydrogens (tertiary/aromatic N) is 2. The number of nitrogens with one attached hydrogen (secondary N) is 1. The largest absolute Gasteiger partial charge is 0.459 e. The molecular formula is C18H21N3O5S. The van der Waals surface area contributed by atoms with Gasteiger partial charge in [-0.05, 0) is 40.2 Å². The molecule has 0 atom stereocenters. The molecule has 9 heteroatoms. The van der Waals surface area contributed by atoms with Gasteiger partial charge in [0, 0.05) is 12.4 Å². The number of carbonyl (C=O) groups excluding carboxylic acids is 3. The monoisotopic (exact) mass is 391 g/mol. The number of hydrogen-bond acceptors (Lipinski definition) is 8. The maximum absolute atomic E-state index is 12.5. The third-order valence-electron chi connectivity index (χ3n) is 3.24. The van der Waals surface area contributed by atoms with Gasteiger partial charge in [-0.2, -0.15) is 0 Å². The van der Waals surface area contributed by atoms with Crippen molar-refractivity contribution in [2.45, 2.75) is 46.8 Å².